The first-order valence-electron chi connectivity index (χ1n) is 9.80. The molecule has 2 amide bonds. The van der Waals surface area contributed by atoms with Gasteiger partial charge in [0.1, 0.15) is 0 Å². The minimum Gasteiger partial charge on any atom is -0.373 e. The fourth-order valence-corrected chi connectivity index (χ4v) is 3.53. The second kappa shape index (κ2) is 8.57. The van der Waals surface area contributed by atoms with Gasteiger partial charge in [0.25, 0.3) is 0 Å². The molecule has 1 aliphatic heterocycles. The van der Waals surface area contributed by atoms with Crippen LogP contribution in [0, 0.1) is 13.8 Å². The molecule has 0 saturated carbocycles. The molecule has 146 valence electrons. The summed E-state index contributed by atoms with van der Waals surface area (Å²) in [5, 5.41) is 7.62. The van der Waals surface area contributed by atoms with Gasteiger partial charge >= 0.3 is 6.03 Å². The van der Waals surface area contributed by atoms with Crippen LogP contribution in [-0.2, 0) is 24.1 Å². The molecule has 3 rings (SSSR count). The number of hydrogen-bond donors (Lipinski definition) is 1. The summed E-state index contributed by atoms with van der Waals surface area (Å²) in [6, 6.07) is 8.33. The van der Waals surface area contributed by atoms with Gasteiger partial charge in [-0.05, 0) is 49.9 Å². The molecule has 27 heavy (non-hydrogen) atoms. The van der Waals surface area contributed by atoms with E-state index in [1.54, 1.807) is 0 Å². The molecular weight excluding hydrogens is 340 g/mol. The third-order valence-electron chi connectivity index (χ3n) is 5.11. The van der Waals surface area contributed by atoms with Crippen molar-refractivity contribution in [3.05, 3.63) is 46.8 Å². The highest BCUT2D eigenvalue weighted by atomic mass is 16.5. The maximum Gasteiger partial charge on any atom is 0.322 e. The molecule has 1 atom stereocenters. The van der Waals surface area contributed by atoms with Crippen molar-refractivity contribution < 1.29 is 9.53 Å². The van der Waals surface area contributed by atoms with E-state index in [9.17, 15) is 4.79 Å². The largest absolute Gasteiger partial charge is 0.373 e. The fourth-order valence-electron chi connectivity index (χ4n) is 3.53. The minimum absolute atomic E-state index is 0.0462. The Morgan fingerprint density at radius 2 is 2.07 bits per heavy atom. The predicted molar refractivity (Wildman–Crippen MR) is 107 cm³/mol. The lowest BCUT2D eigenvalue weighted by Crippen LogP contribution is -2.48. The van der Waals surface area contributed by atoms with Crippen LogP contribution >= 0.6 is 0 Å². The van der Waals surface area contributed by atoms with Gasteiger partial charge in [-0.1, -0.05) is 26.0 Å². The lowest BCUT2D eigenvalue weighted by Gasteiger charge is -2.33. The third-order valence-corrected chi connectivity index (χ3v) is 5.11. The van der Waals surface area contributed by atoms with Crippen LogP contribution in [0.15, 0.2) is 24.3 Å². The van der Waals surface area contributed by atoms with E-state index in [1.165, 1.54) is 5.56 Å². The summed E-state index contributed by atoms with van der Waals surface area (Å²) in [4.78, 5) is 14.7. The van der Waals surface area contributed by atoms with Gasteiger partial charge in [0.15, 0.2) is 0 Å². The van der Waals surface area contributed by atoms with E-state index in [1.807, 2.05) is 23.4 Å². The van der Waals surface area contributed by atoms with Crippen molar-refractivity contribution in [2.24, 2.45) is 0 Å². The summed E-state index contributed by atoms with van der Waals surface area (Å²) in [7, 11) is 0. The number of nitrogens with one attached hydrogen (secondary N) is 1. The minimum atomic E-state index is -0.0559. The summed E-state index contributed by atoms with van der Waals surface area (Å²) in [5.41, 5.74) is 5.42. The molecule has 0 radical (unpaired) electrons. The van der Waals surface area contributed by atoms with E-state index in [0.717, 1.165) is 35.5 Å². The highest BCUT2D eigenvalue weighted by Crippen LogP contribution is 2.20. The zero-order valence-corrected chi connectivity index (χ0v) is 16.8. The van der Waals surface area contributed by atoms with Crippen LogP contribution in [-0.4, -0.2) is 46.5 Å². The number of rotatable bonds is 5. The number of carbonyl (C=O) groups excluding carboxylic acids is 1. The lowest BCUT2D eigenvalue weighted by molar-refractivity contribution is -0.0222. The molecule has 0 aliphatic carbocycles. The zero-order chi connectivity index (χ0) is 19.4. The number of nitrogens with zero attached hydrogens (tertiary/aromatic N) is 3. The molecule has 6 heteroatoms. The summed E-state index contributed by atoms with van der Waals surface area (Å²) in [5.74, 6) is 0. The monoisotopic (exact) mass is 370 g/mol. The van der Waals surface area contributed by atoms with Gasteiger partial charge in [0.2, 0.25) is 0 Å². The van der Waals surface area contributed by atoms with E-state index < -0.39 is 0 Å². The normalized spacial score (nSPS) is 17.2. The Bertz CT molecular complexity index is 799. The van der Waals surface area contributed by atoms with Crippen LogP contribution in [0.2, 0.25) is 0 Å². The van der Waals surface area contributed by atoms with E-state index in [-0.39, 0.29) is 12.1 Å². The van der Waals surface area contributed by atoms with Crippen LogP contribution in [0.5, 0.6) is 0 Å². The van der Waals surface area contributed by atoms with Crippen molar-refractivity contribution in [1.29, 1.82) is 0 Å². The number of carbonyl (C=O) groups is 1. The quantitative estimate of drug-likeness (QED) is 0.875. The summed E-state index contributed by atoms with van der Waals surface area (Å²) in [6.07, 6.45) is 1.80. The molecule has 1 N–H and O–H groups in total. The smallest absolute Gasteiger partial charge is 0.322 e. The van der Waals surface area contributed by atoms with E-state index in [0.29, 0.717) is 26.2 Å². The number of aryl methyl sites for hydroxylation is 4. The van der Waals surface area contributed by atoms with Crippen molar-refractivity contribution in [1.82, 2.24) is 14.7 Å². The highest BCUT2D eigenvalue weighted by Gasteiger charge is 2.25. The number of anilines is 1. The van der Waals surface area contributed by atoms with Gasteiger partial charge in [-0.3, -0.25) is 4.68 Å². The van der Waals surface area contributed by atoms with Gasteiger partial charge in [0, 0.05) is 17.9 Å². The maximum absolute atomic E-state index is 12.8. The van der Waals surface area contributed by atoms with Crippen LogP contribution in [0.25, 0.3) is 0 Å². The molecule has 1 fully saturated rings. The maximum atomic E-state index is 12.8. The highest BCUT2D eigenvalue weighted by molar-refractivity contribution is 5.90. The topological polar surface area (TPSA) is 59.4 Å². The number of amides is 2. The van der Waals surface area contributed by atoms with Crippen molar-refractivity contribution in [2.45, 2.75) is 53.2 Å². The van der Waals surface area contributed by atoms with Crippen molar-refractivity contribution in [3.63, 3.8) is 0 Å². The fraction of sp³-hybridized carbons (Fsp3) is 0.524. The molecule has 0 spiro atoms. The number of urea groups is 1. The summed E-state index contributed by atoms with van der Waals surface area (Å²) >= 11 is 0. The van der Waals surface area contributed by atoms with Crippen LogP contribution in [0.3, 0.4) is 0 Å². The lowest BCUT2D eigenvalue weighted by atomic mass is 10.1. The average molecular weight is 370 g/mol. The van der Waals surface area contributed by atoms with Gasteiger partial charge in [-0.25, -0.2) is 4.79 Å². The zero-order valence-electron chi connectivity index (χ0n) is 16.8. The molecule has 1 saturated heterocycles. The van der Waals surface area contributed by atoms with Gasteiger partial charge < -0.3 is 15.0 Å². The third kappa shape index (κ3) is 4.69. The molecule has 0 bridgehead atoms. The Balaban J connectivity index is 1.65. The van der Waals surface area contributed by atoms with Gasteiger partial charge in [0.05, 0.1) is 31.5 Å². The molecule has 2 aromatic rings. The van der Waals surface area contributed by atoms with Crippen LogP contribution < -0.4 is 5.32 Å². The molecule has 1 aliphatic rings. The van der Waals surface area contributed by atoms with Gasteiger partial charge in [-0.15, -0.1) is 0 Å². The Hall–Kier alpha value is -2.34. The van der Waals surface area contributed by atoms with Gasteiger partial charge in [-0.2, -0.15) is 5.10 Å². The standard InChI is InChI=1S/C21H30N4O2/c1-5-17-7-8-18(6-2)20(12-17)22-21(26)24-9-10-27-19(13-24)14-25-16(4)11-15(3)23-25/h7-8,11-12,19H,5-6,9-10,13-14H2,1-4H3,(H,22,26). The molecule has 1 unspecified atom stereocenters. The Kier molecular flexibility index (Phi) is 6.16. The molecule has 2 heterocycles. The Morgan fingerprint density at radius 3 is 2.74 bits per heavy atom. The molecular formula is C21H30N4O2. The SMILES string of the molecule is CCc1ccc(CC)c(NC(=O)N2CCOC(Cn3nc(C)cc3C)C2)c1. The first-order valence-corrected chi connectivity index (χ1v) is 9.80. The molecule has 1 aromatic carbocycles. The van der Waals surface area contributed by atoms with Crippen LogP contribution in [0.4, 0.5) is 10.5 Å². The van der Waals surface area contributed by atoms with E-state index in [4.69, 9.17) is 4.74 Å². The molecule has 6 nitrogen and oxygen atoms in total. The molecule has 1 aromatic heterocycles. The number of aromatic nitrogens is 2. The predicted octanol–water partition coefficient (Wildman–Crippen LogP) is 3.56. The van der Waals surface area contributed by atoms with E-state index >= 15 is 0 Å². The first-order chi connectivity index (χ1) is 13.0. The van der Waals surface area contributed by atoms with E-state index in [2.05, 4.69) is 48.5 Å². The van der Waals surface area contributed by atoms with Crippen molar-refractivity contribution in [2.75, 3.05) is 25.0 Å². The van der Waals surface area contributed by atoms with Crippen molar-refractivity contribution >= 4 is 11.7 Å². The second-order valence-corrected chi connectivity index (χ2v) is 7.18. The van der Waals surface area contributed by atoms with Crippen molar-refractivity contribution in [3.8, 4) is 0 Å². The average Bonchev–Trinajstić information content (AvgIpc) is 2.98. The summed E-state index contributed by atoms with van der Waals surface area (Å²) in [6.45, 7) is 10.6. The number of benzene rings is 1. The Labute approximate surface area is 161 Å². The number of morpholine rings is 1. The summed E-state index contributed by atoms with van der Waals surface area (Å²) < 4.78 is 7.84. The number of ether oxygens (including phenoxy) is 1. The Morgan fingerprint density at radius 1 is 1.26 bits per heavy atom. The second-order valence-electron chi connectivity index (χ2n) is 7.18. The van der Waals surface area contributed by atoms with Crippen LogP contribution in [0.1, 0.15) is 36.4 Å². The first kappa shape index (κ1) is 19.4. The number of hydrogen-bond acceptors (Lipinski definition) is 3.